The van der Waals surface area contributed by atoms with E-state index >= 15 is 0 Å². The summed E-state index contributed by atoms with van der Waals surface area (Å²) in [4.78, 5) is 9.15. The summed E-state index contributed by atoms with van der Waals surface area (Å²) in [6.07, 6.45) is 1.47. The van der Waals surface area contributed by atoms with Crippen molar-refractivity contribution in [3.8, 4) is 11.6 Å². The van der Waals surface area contributed by atoms with Crippen molar-refractivity contribution in [3.63, 3.8) is 0 Å². The molecule has 0 bridgehead atoms. The Balaban J connectivity index is 2.06. The van der Waals surface area contributed by atoms with Gasteiger partial charge in [-0.2, -0.15) is 0 Å². The summed E-state index contributed by atoms with van der Waals surface area (Å²) in [5.41, 5.74) is 6.29. The highest BCUT2D eigenvalue weighted by Crippen LogP contribution is 2.34. The maximum absolute atomic E-state index is 6.05. The van der Waals surface area contributed by atoms with E-state index in [1.807, 2.05) is 11.4 Å². The molecule has 0 aliphatic carbocycles. The second-order valence-electron chi connectivity index (χ2n) is 3.61. The Morgan fingerprint density at radius 1 is 1.22 bits per heavy atom. The molecule has 0 saturated heterocycles. The van der Waals surface area contributed by atoms with Crippen molar-refractivity contribution in [2.75, 3.05) is 5.73 Å². The Hall–Kier alpha value is -1.85. The van der Waals surface area contributed by atoms with Gasteiger partial charge in [-0.1, -0.05) is 11.6 Å². The number of hydrogen-bond donors (Lipinski definition) is 1. The molecular formula is C12H8ClN3OS. The molecule has 1 aromatic carbocycles. The van der Waals surface area contributed by atoms with Gasteiger partial charge in [0.05, 0.1) is 10.4 Å². The van der Waals surface area contributed by atoms with Crippen LogP contribution in [0.25, 0.3) is 10.2 Å². The Bertz CT molecular complexity index is 713. The maximum atomic E-state index is 6.05. The predicted octanol–water partition coefficient (Wildman–Crippen LogP) is 3.72. The molecule has 0 fully saturated rings. The maximum Gasteiger partial charge on any atom is 0.231 e. The van der Waals surface area contributed by atoms with Gasteiger partial charge in [-0.05, 0) is 23.6 Å². The van der Waals surface area contributed by atoms with Gasteiger partial charge < -0.3 is 10.5 Å². The lowest BCUT2D eigenvalue weighted by Crippen LogP contribution is -1.92. The van der Waals surface area contributed by atoms with E-state index in [2.05, 4.69) is 9.97 Å². The Morgan fingerprint density at radius 3 is 3.00 bits per heavy atom. The number of anilines is 1. The Morgan fingerprint density at radius 2 is 2.11 bits per heavy atom. The highest BCUT2D eigenvalue weighted by atomic mass is 35.5. The minimum Gasteiger partial charge on any atom is -0.437 e. The molecule has 0 spiro atoms. The average Bonchev–Trinajstić information content (AvgIpc) is 2.83. The van der Waals surface area contributed by atoms with Crippen LogP contribution in [0, 0.1) is 0 Å². The van der Waals surface area contributed by atoms with Crippen LogP contribution >= 0.6 is 22.9 Å². The second-order valence-corrected chi connectivity index (χ2v) is 4.91. The number of hydrogen-bond acceptors (Lipinski definition) is 5. The molecule has 18 heavy (non-hydrogen) atoms. The number of halogens is 1. The zero-order chi connectivity index (χ0) is 12.5. The summed E-state index contributed by atoms with van der Waals surface area (Å²) < 4.78 is 5.71. The SMILES string of the molecule is Nc1ccc(Cl)c(Oc2ncnc3sccc23)c1. The lowest BCUT2D eigenvalue weighted by Gasteiger charge is -2.07. The summed E-state index contributed by atoms with van der Waals surface area (Å²) in [5, 5.41) is 3.29. The number of nitrogen functional groups attached to an aromatic ring is 1. The van der Waals surface area contributed by atoms with Crippen molar-refractivity contribution >= 4 is 38.8 Å². The van der Waals surface area contributed by atoms with Crippen molar-refractivity contribution in [1.29, 1.82) is 0 Å². The van der Waals surface area contributed by atoms with E-state index in [4.69, 9.17) is 22.1 Å². The van der Waals surface area contributed by atoms with Crippen LogP contribution in [0.3, 0.4) is 0 Å². The topological polar surface area (TPSA) is 61.0 Å². The first kappa shape index (κ1) is 11.3. The fraction of sp³-hybridized carbons (Fsp3) is 0. The molecule has 0 saturated carbocycles. The molecule has 2 N–H and O–H groups in total. The van der Waals surface area contributed by atoms with E-state index in [1.54, 1.807) is 18.2 Å². The highest BCUT2D eigenvalue weighted by molar-refractivity contribution is 7.16. The number of thiophene rings is 1. The van der Waals surface area contributed by atoms with Crippen LogP contribution < -0.4 is 10.5 Å². The van der Waals surface area contributed by atoms with Crippen molar-refractivity contribution in [2.24, 2.45) is 0 Å². The molecule has 3 rings (SSSR count). The number of aromatic nitrogens is 2. The van der Waals surface area contributed by atoms with E-state index in [-0.39, 0.29) is 0 Å². The molecule has 6 heteroatoms. The lowest BCUT2D eigenvalue weighted by atomic mass is 10.3. The molecule has 0 unspecified atom stereocenters. The third-order valence-electron chi connectivity index (χ3n) is 2.39. The van der Waals surface area contributed by atoms with Crippen LogP contribution in [0.2, 0.25) is 5.02 Å². The zero-order valence-electron chi connectivity index (χ0n) is 9.13. The van der Waals surface area contributed by atoms with Crippen LogP contribution in [-0.4, -0.2) is 9.97 Å². The second kappa shape index (κ2) is 4.44. The summed E-state index contributed by atoms with van der Waals surface area (Å²) in [6, 6.07) is 6.99. The molecule has 3 aromatic rings. The third kappa shape index (κ3) is 1.98. The molecule has 2 heterocycles. The predicted molar refractivity (Wildman–Crippen MR) is 73.4 cm³/mol. The largest absolute Gasteiger partial charge is 0.437 e. The first-order valence-corrected chi connectivity index (χ1v) is 6.41. The number of ether oxygens (including phenoxy) is 1. The number of rotatable bonds is 2. The fourth-order valence-corrected chi connectivity index (χ4v) is 2.43. The van der Waals surface area contributed by atoms with Gasteiger partial charge in [0.2, 0.25) is 5.88 Å². The van der Waals surface area contributed by atoms with Crippen LogP contribution in [0.4, 0.5) is 5.69 Å². The van der Waals surface area contributed by atoms with E-state index in [9.17, 15) is 0 Å². The molecule has 4 nitrogen and oxygen atoms in total. The number of fused-ring (bicyclic) bond motifs is 1. The van der Waals surface area contributed by atoms with E-state index < -0.39 is 0 Å². The third-order valence-corrected chi connectivity index (χ3v) is 3.52. The number of nitrogens with zero attached hydrogens (tertiary/aromatic N) is 2. The van der Waals surface area contributed by atoms with Gasteiger partial charge in [-0.25, -0.2) is 9.97 Å². The van der Waals surface area contributed by atoms with Crippen LogP contribution in [0.5, 0.6) is 11.6 Å². The number of benzene rings is 1. The van der Waals surface area contributed by atoms with Crippen LogP contribution in [-0.2, 0) is 0 Å². The average molecular weight is 278 g/mol. The van der Waals surface area contributed by atoms with E-state index in [0.29, 0.717) is 22.3 Å². The fourth-order valence-electron chi connectivity index (χ4n) is 1.55. The minimum absolute atomic E-state index is 0.480. The summed E-state index contributed by atoms with van der Waals surface area (Å²) in [5.74, 6) is 0.969. The first-order chi connectivity index (χ1) is 8.74. The molecule has 2 aromatic heterocycles. The monoisotopic (exact) mass is 277 g/mol. The van der Waals surface area contributed by atoms with Crippen molar-refractivity contribution < 1.29 is 4.74 Å². The van der Waals surface area contributed by atoms with Crippen molar-refractivity contribution in [3.05, 3.63) is 41.0 Å². The van der Waals surface area contributed by atoms with Gasteiger partial charge in [-0.15, -0.1) is 11.3 Å². The molecule has 0 amide bonds. The smallest absolute Gasteiger partial charge is 0.231 e. The quantitative estimate of drug-likeness (QED) is 0.725. The van der Waals surface area contributed by atoms with Crippen molar-refractivity contribution in [2.45, 2.75) is 0 Å². The summed E-state index contributed by atoms with van der Waals surface area (Å²) >= 11 is 7.58. The lowest BCUT2D eigenvalue weighted by molar-refractivity contribution is 0.469. The van der Waals surface area contributed by atoms with Gasteiger partial charge in [-0.3, -0.25) is 0 Å². The summed E-state index contributed by atoms with van der Waals surface area (Å²) in [7, 11) is 0. The molecule has 0 atom stereocenters. The van der Waals surface area contributed by atoms with Gasteiger partial charge in [0.25, 0.3) is 0 Å². The molecule has 90 valence electrons. The summed E-state index contributed by atoms with van der Waals surface area (Å²) in [6.45, 7) is 0. The van der Waals surface area contributed by atoms with Gasteiger partial charge in [0.15, 0.2) is 0 Å². The normalized spacial score (nSPS) is 10.7. The van der Waals surface area contributed by atoms with Crippen LogP contribution in [0.15, 0.2) is 36.0 Å². The standard InChI is InChI=1S/C12H8ClN3OS/c13-9-2-1-7(14)5-10(9)17-11-8-3-4-18-12(8)16-6-15-11/h1-6H,14H2. The molecule has 0 radical (unpaired) electrons. The van der Waals surface area contributed by atoms with Gasteiger partial charge in [0, 0.05) is 11.8 Å². The zero-order valence-corrected chi connectivity index (χ0v) is 10.7. The van der Waals surface area contributed by atoms with E-state index in [0.717, 1.165) is 10.2 Å². The molecule has 0 aliphatic rings. The number of nitrogens with two attached hydrogens (primary N) is 1. The van der Waals surface area contributed by atoms with Crippen LogP contribution in [0.1, 0.15) is 0 Å². The van der Waals surface area contributed by atoms with Gasteiger partial charge >= 0.3 is 0 Å². The Kier molecular flexibility index (Phi) is 2.77. The molecule has 0 aliphatic heterocycles. The van der Waals surface area contributed by atoms with E-state index in [1.165, 1.54) is 17.7 Å². The van der Waals surface area contributed by atoms with Crippen molar-refractivity contribution in [1.82, 2.24) is 9.97 Å². The first-order valence-electron chi connectivity index (χ1n) is 5.15. The van der Waals surface area contributed by atoms with Gasteiger partial charge in [0.1, 0.15) is 16.9 Å². The highest BCUT2D eigenvalue weighted by Gasteiger charge is 2.09. The minimum atomic E-state index is 0.480. The molecular weight excluding hydrogens is 270 g/mol. The Labute approximate surface area is 112 Å².